The lowest BCUT2D eigenvalue weighted by atomic mass is 9.93. The maximum absolute atomic E-state index is 4.71. The number of nitrogens with zero attached hydrogens (tertiary/aromatic N) is 1. The van der Waals surface area contributed by atoms with E-state index in [9.17, 15) is 0 Å². The van der Waals surface area contributed by atoms with E-state index < -0.39 is 0 Å². The summed E-state index contributed by atoms with van der Waals surface area (Å²) in [7, 11) is 0. The van der Waals surface area contributed by atoms with E-state index in [0.29, 0.717) is 0 Å². The van der Waals surface area contributed by atoms with Gasteiger partial charge in [0.1, 0.15) is 5.01 Å². The van der Waals surface area contributed by atoms with Crippen LogP contribution in [0.1, 0.15) is 63.6 Å². The van der Waals surface area contributed by atoms with E-state index >= 15 is 0 Å². The van der Waals surface area contributed by atoms with Crippen LogP contribution in [-0.2, 0) is 12.0 Å². The molecular formula is C16H26N2S. The van der Waals surface area contributed by atoms with Crippen LogP contribution in [0.2, 0.25) is 0 Å². The highest BCUT2D eigenvalue weighted by atomic mass is 32.1. The Morgan fingerprint density at radius 3 is 2.79 bits per heavy atom. The predicted molar refractivity (Wildman–Crippen MR) is 83.7 cm³/mol. The molecule has 3 heteroatoms. The van der Waals surface area contributed by atoms with Crippen LogP contribution in [0.25, 0.3) is 0 Å². The first-order valence-corrected chi connectivity index (χ1v) is 8.27. The molecule has 0 saturated carbocycles. The Hall–Kier alpha value is -0.670. The molecule has 106 valence electrons. The fraction of sp³-hybridized carbons (Fsp3) is 0.688. The largest absolute Gasteiger partial charge is 0.310 e. The summed E-state index contributed by atoms with van der Waals surface area (Å²) in [6, 6.07) is 0. The Labute approximate surface area is 121 Å². The Bertz CT molecular complexity index is 426. The molecule has 2 rings (SSSR count). The lowest BCUT2D eigenvalue weighted by Crippen LogP contribution is -2.16. The van der Waals surface area contributed by atoms with Crippen molar-refractivity contribution in [2.45, 2.75) is 64.8 Å². The average Bonchev–Trinajstić information content (AvgIpc) is 2.85. The summed E-state index contributed by atoms with van der Waals surface area (Å²) < 4.78 is 0. The highest BCUT2D eigenvalue weighted by Gasteiger charge is 2.17. The van der Waals surface area contributed by atoms with Gasteiger partial charge in [-0.1, -0.05) is 32.4 Å². The first-order valence-electron chi connectivity index (χ1n) is 7.39. The van der Waals surface area contributed by atoms with Gasteiger partial charge in [0.15, 0.2) is 0 Å². The molecule has 1 aliphatic rings. The maximum atomic E-state index is 4.71. The van der Waals surface area contributed by atoms with E-state index in [0.717, 1.165) is 13.1 Å². The summed E-state index contributed by atoms with van der Waals surface area (Å²) in [5.41, 5.74) is 3.03. The fourth-order valence-corrected chi connectivity index (χ4v) is 3.30. The minimum absolute atomic E-state index is 0.168. The van der Waals surface area contributed by atoms with E-state index in [1.807, 2.05) is 0 Å². The van der Waals surface area contributed by atoms with Crippen molar-refractivity contribution in [1.82, 2.24) is 10.3 Å². The molecule has 0 unspecified atom stereocenters. The molecular weight excluding hydrogens is 252 g/mol. The zero-order chi connectivity index (χ0) is 13.7. The number of aromatic nitrogens is 1. The van der Waals surface area contributed by atoms with Crippen molar-refractivity contribution < 1.29 is 0 Å². The van der Waals surface area contributed by atoms with Crippen LogP contribution in [0.15, 0.2) is 17.0 Å². The Balaban J connectivity index is 1.71. The Kier molecular flexibility index (Phi) is 5.17. The molecule has 1 aromatic rings. The summed E-state index contributed by atoms with van der Waals surface area (Å²) in [6.07, 6.45) is 9.01. The number of hydrogen-bond acceptors (Lipinski definition) is 3. The topological polar surface area (TPSA) is 24.9 Å². The molecule has 1 heterocycles. The molecule has 0 fully saturated rings. The van der Waals surface area contributed by atoms with Crippen molar-refractivity contribution in [3.05, 3.63) is 27.7 Å². The second-order valence-corrected chi connectivity index (χ2v) is 7.35. The van der Waals surface area contributed by atoms with E-state index in [1.54, 1.807) is 16.9 Å². The molecule has 0 aliphatic heterocycles. The van der Waals surface area contributed by atoms with E-state index in [4.69, 9.17) is 4.98 Å². The van der Waals surface area contributed by atoms with Gasteiger partial charge in [-0.15, -0.1) is 11.3 Å². The lowest BCUT2D eigenvalue weighted by Gasteiger charge is -2.14. The molecule has 1 aromatic heterocycles. The number of rotatable bonds is 5. The van der Waals surface area contributed by atoms with Crippen molar-refractivity contribution >= 4 is 11.3 Å². The van der Waals surface area contributed by atoms with Crippen LogP contribution < -0.4 is 5.32 Å². The summed E-state index contributed by atoms with van der Waals surface area (Å²) in [5, 5.41) is 6.93. The minimum atomic E-state index is 0.168. The number of nitrogens with one attached hydrogen (secondary N) is 1. The van der Waals surface area contributed by atoms with E-state index in [2.05, 4.69) is 37.5 Å². The quantitative estimate of drug-likeness (QED) is 0.637. The molecule has 0 spiro atoms. The van der Waals surface area contributed by atoms with Crippen molar-refractivity contribution in [1.29, 1.82) is 0 Å². The van der Waals surface area contributed by atoms with Crippen LogP contribution in [-0.4, -0.2) is 11.5 Å². The van der Waals surface area contributed by atoms with Crippen LogP contribution in [0.3, 0.4) is 0 Å². The van der Waals surface area contributed by atoms with Crippen LogP contribution >= 0.6 is 11.3 Å². The summed E-state index contributed by atoms with van der Waals surface area (Å²) in [4.78, 5) is 4.71. The van der Waals surface area contributed by atoms with Crippen LogP contribution in [0, 0.1) is 0 Å². The zero-order valence-electron chi connectivity index (χ0n) is 12.5. The van der Waals surface area contributed by atoms with Crippen molar-refractivity contribution in [2.75, 3.05) is 6.54 Å². The van der Waals surface area contributed by atoms with Gasteiger partial charge >= 0.3 is 0 Å². The molecule has 0 aromatic carbocycles. The molecule has 1 N–H and O–H groups in total. The Morgan fingerprint density at radius 1 is 1.32 bits per heavy atom. The molecule has 2 nitrogen and oxygen atoms in total. The van der Waals surface area contributed by atoms with Crippen LogP contribution in [0.5, 0.6) is 0 Å². The summed E-state index contributed by atoms with van der Waals surface area (Å²) in [6.45, 7) is 8.64. The van der Waals surface area contributed by atoms with Crippen molar-refractivity contribution in [3.8, 4) is 0 Å². The SMILES string of the molecule is CC(C)(C)c1csc(CNCCC2=CCCCC2)n1. The van der Waals surface area contributed by atoms with Gasteiger partial charge in [0.05, 0.1) is 5.69 Å². The fourth-order valence-electron chi connectivity index (χ4n) is 2.31. The third-order valence-electron chi connectivity index (χ3n) is 3.60. The smallest absolute Gasteiger partial charge is 0.107 e. The molecule has 0 amide bonds. The molecule has 0 radical (unpaired) electrons. The highest BCUT2D eigenvalue weighted by Crippen LogP contribution is 2.24. The van der Waals surface area contributed by atoms with Crippen molar-refractivity contribution in [3.63, 3.8) is 0 Å². The number of thiazole rings is 1. The van der Waals surface area contributed by atoms with Gasteiger partial charge in [0.25, 0.3) is 0 Å². The van der Waals surface area contributed by atoms with Gasteiger partial charge in [-0.2, -0.15) is 0 Å². The first kappa shape index (κ1) is 14.7. The van der Waals surface area contributed by atoms with Crippen LogP contribution in [0.4, 0.5) is 0 Å². The normalized spacial score (nSPS) is 16.5. The standard InChI is InChI=1S/C16H26N2S/c1-16(2,3)14-12-19-15(18-14)11-17-10-9-13-7-5-4-6-8-13/h7,12,17H,4-6,8-11H2,1-3H3. The monoisotopic (exact) mass is 278 g/mol. The molecule has 1 aliphatic carbocycles. The van der Waals surface area contributed by atoms with Gasteiger partial charge in [0, 0.05) is 17.3 Å². The van der Waals surface area contributed by atoms with Gasteiger partial charge < -0.3 is 5.32 Å². The predicted octanol–water partition coefficient (Wildman–Crippen LogP) is 4.42. The molecule has 19 heavy (non-hydrogen) atoms. The third kappa shape index (κ3) is 4.73. The van der Waals surface area contributed by atoms with E-state index in [1.165, 1.54) is 42.8 Å². The third-order valence-corrected chi connectivity index (χ3v) is 4.45. The lowest BCUT2D eigenvalue weighted by molar-refractivity contribution is 0.567. The second-order valence-electron chi connectivity index (χ2n) is 6.41. The minimum Gasteiger partial charge on any atom is -0.310 e. The average molecular weight is 278 g/mol. The van der Waals surface area contributed by atoms with Gasteiger partial charge in [-0.25, -0.2) is 4.98 Å². The molecule has 0 saturated heterocycles. The van der Waals surface area contributed by atoms with E-state index in [-0.39, 0.29) is 5.41 Å². The number of hydrogen-bond donors (Lipinski definition) is 1. The zero-order valence-corrected chi connectivity index (χ0v) is 13.3. The van der Waals surface area contributed by atoms with Gasteiger partial charge in [-0.05, 0) is 38.6 Å². The molecule has 0 atom stereocenters. The summed E-state index contributed by atoms with van der Waals surface area (Å²) in [5.74, 6) is 0. The summed E-state index contributed by atoms with van der Waals surface area (Å²) >= 11 is 1.77. The second kappa shape index (κ2) is 6.67. The molecule has 0 bridgehead atoms. The van der Waals surface area contributed by atoms with Gasteiger partial charge in [0.2, 0.25) is 0 Å². The first-order chi connectivity index (χ1) is 9.05. The maximum Gasteiger partial charge on any atom is 0.107 e. The number of allylic oxidation sites excluding steroid dienone is 1. The van der Waals surface area contributed by atoms with Crippen molar-refractivity contribution in [2.24, 2.45) is 0 Å². The van der Waals surface area contributed by atoms with Gasteiger partial charge in [-0.3, -0.25) is 0 Å². The highest BCUT2D eigenvalue weighted by molar-refractivity contribution is 7.09. The Morgan fingerprint density at radius 2 is 2.16 bits per heavy atom.